The van der Waals surface area contributed by atoms with Gasteiger partial charge in [-0.25, -0.2) is 9.97 Å². The van der Waals surface area contributed by atoms with Crippen LogP contribution in [0.1, 0.15) is 5.82 Å². The first-order chi connectivity index (χ1) is 6.40. The van der Waals surface area contributed by atoms with Gasteiger partial charge >= 0.3 is 0 Å². The summed E-state index contributed by atoms with van der Waals surface area (Å²) >= 11 is 0. The van der Waals surface area contributed by atoms with E-state index in [1.807, 2.05) is 0 Å². The summed E-state index contributed by atoms with van der Waals surface area (Å²) in [5.74, 6) is 0.372. The molecule has 0 fully saturated rings. The van der Waals surface area contributed by atoms with E-state index in [-0.39, 0.29) is 6.61 Å². The Labute approximate surface area is 73.1 Å². The summed E-state index contributed by atoms with van der Waals surface area (Å²) < 4.78 is 1.43. The highest BCUT2D eigenvalue weighted by Crippen LogP contribution is 1.99. The summed E-state index contributed by atoms with van der Waals surface area (Å²) in [6.45, 7) is -0.171. The minimum Gasteiger partial charge on any atom is -0.388 e. The molecule has 7 heteroatoms. The summed E-state index contributed by atoms with van der Waals surface area (Å²) in [4.78, 5) is 7.75. The van der Waals surface area contributed by atoms with E-state index >= 15 is 0 Å². The molecule has 0 unspecified atom stereocenters. The lowest BCUT2D eigenvalue weighted by Crippen LogP contribution is -2.00. The van der Waals surface area contributed by atoms with Gasteiger partial charge in [-0.1, -0.05) is 0 Å². The van der Waals surface area contributed by atoms with Gasteiger partial charge in [0, 0.05) is 0 Å². The Morgan fingerprint density at radius 3 is 2.62 bits per heavy atom. The van der Waals surface area contributed by atoms with Gasteiger partial charge in [-0.05, 0) is 10.4 Å². The van der Waals surface area contributed by atoms with Gasteiger partial charge in [0.15, 0.2) is 5.82 Å². The highest BCUT2D eigenvalue weighted by Gasteiger charge is 1.98. The van der Waals surface area contributed by atoms with Crippen LogP contribution in [0.2, 0.25) is 0 Å². The second-order valence-corrected chi connectivity index (χ2v) is 2.27. The van der Waals surface area contributed by atoms with Crippen molar-refractivity contribution >= 4 is 0 Å². The van der Waals surface area contributed by atoms with Gasteiger partial charge in [0.25, 0.3) is 0 Å². The molecule has 0 aliphatic heterocycles. The van der Waals surface area contributed by atoms with Crippen LogP contribution < -0.4 is 0 Å². The quantitative estimate of drug-likeness (QED) is 0.630. The molecule has 0 amide bonds. The molecule has 0 aliphatic carbocycles. The summed E-state index contributed by atoms with van der Waals surface area (Å²) in [5, 5.41) is 19.3. The number of tetrazole rings is 1. The molecule has 0 bridgehead atoms. The second kappa shape index (κ2) is 3.23. The minimum absolute atomic E-state index is 0.171. The molecule has 13 heavy (non-hydrogen) atoms. The maximum absolute atomic E-state index is 8.69. The minimum atomic E-state index is -0.171. The number of hydrogen-bond acceptors (Lipinski definition) is 6. The maximum atomic E-state index is 8.69. The zero-order valence-corrected chi connectivity index (χ0v) is 6.57. The SMILES string of the molecule is OCc1ncc(-n2cnnn2)cn1. The first-order valence-corrected chi connectivity index (χ1v) is 3.55. The van der Waals surface area contributed by atoms with E-state index in [2.05, 4.69) is 25.5 Å². The Bertz CT molecular complexity index is 369. The van der Waals surface area contributed by atoms with E-state index in [0.717, 1.165) is 0 Å². The first kappa shape index (κ1) is 7.74. The van der Waals surface area contributed by atoms with Crippen LogP contribution in [0.4, 0.5) is 0 Å². The van der Waals surface area contributed by atoms with Crippen LogP contribution in [0.3, 0.4) is 0 Å². The highest BCUT2D eigenvalue weighted by molar-refractivity contribution is 5.21. The molecule has 0 aliphatic rings. The van der Waals surface area contributed by atoms with Crippen LogP contribution in [0.25, 0.3) is 5.69 Å². The summed E-state index contributed by atoms with van der Waals surface area (Å²) in [6.07, 6.45) is 4.52. The van der Waals surface area contributed by atoms with Crippen molar-refractivity contribution in [2.75, 3.05) is 0 Å². The maximum Gasteiger partial charge on any atom is 0.153 e. The predicted molar refractivity (Wildman–Crippen MR) is 40.7 cm³/mol. The molecule has 2 aromatic heterocycles. The normalized spacial score (nSPS) is 10.2. The summed E-state index contributed by atoms with van der Waals surface area (Å²) in [5.41, 5.74) is 0.655. The third-order valence-corrected chi connectivity index (χ3v) is 1.45. The lowest BCUT2D eigenvalue weighted by atomic mass is 10.5. The molecule has 2 aromatic rings. The van der Waals surface area contributed by atoms with Gasteiger partial charge in [0.05, 0.1) is 12.4 Å². The molecule has 2 heterocycles. The third-order valence-electron chi connectivity index (χ3n) is 1.45. The van der Waals surface area contributed by atoms with E-state index in [1.165, 1.54) is 23.4 Å². The van der Waals surface area contributed by atoms with E-state index in [4.69, 9.17) is 5.11 Å². The van der Waals surface area contributed by atoms with Crippen molar-refractivity contribution in [1.29, 1.82) is 0 Å². The molecule has 2 rings (SSSR count). The van der Waals surface area contributed by atoms with Crippen LogP contribution in [-0.4, -0.2) is 35.3 Å². The monoisotopic (exact) mass is 178 g/mol. The fourth-order valence-electron chi connectivity index (χ4n) is 0.828. The highest BCUT2D eigenvalue weighted by atomic mass is 16.3. The van der Waals surface area contributed by atoms with Crippen LogP contribution >= 0.6 is 0 Å². The Morgan fingerprint density at radius 2 is 2.08 bits per heavy atom. The van der Waals surface area contributed by atoms with E-state index in [9.17, 15) is 0 Å². The van der Waals surface area contributed by atoms with E-state index < -0.39 is 0 Å². The predicted octanol–water partition coefficient (Wildman–Crippen LogP) is -1.06. The van der Waals surface area contributed by atoms with Crippen LogP contribution in [0.5, 0.6) is 0 Å². The van der Waals surface area contributed by atoms with Gasteiger partial charge in [0.1, 0.15) is 18.6 Å². The zero-order chi connectivity index (χ0) is 9.10. The lowest BCUT2D eigenvalue weighted by molar-refractivity contribution is 0.271. The molecule has 0 saturated heterocycles. The van der Waals surface area contributed by atoms with Crippen molar-refractivity contribution in [3.05, 3.63) is 24.5 Å². The molecular weight excluding hydrogens is 172 g/mol. The van der Waals surface area contributed by atoms with Gasteiger partial charge in [0.2, 0.25) is 0 Å². The fourth-order valence-corrected chi connectivity index (χ4v) is 0.828. The molecule has 7 nitrogen and oxygen atoms in total. The number of rotatable bonds is 2. The number of aliphatic hydroxyl groups excluding tert-OH is 1. The van der Waals surface area contributed by atoms with Gasteiger partial charge in [-0.2, -0.15) is 4.68 Å². The average Bonchev–Trinajstić information content (AvgIpc) is 2.71. The Morgan fingerprint density at radius 1 is 1.31 bits per heavy atom. The fraction of sp³-hybridized carbons (Fsp3) is 0.167. The van der Waals surface area contributed by atoms with Crippen molar-refractivity contribution in [2.24, 2.45) is 0 Å². The first-order valence-electron chi connectivity index (χ1n) is 3.55. The number of hydrogen-bond donors (Lipinski definition) is 1. The van der Waals surface area contributed by atoms with Crippen molar-refractivity contribution < 1.29 is 5.11 Å². The Kier molecular flexibility index (Phi) is 1.93. The van der Waals surface area contributed by atoms with Crippen molar-refractivity contribution in [2.45, 2.75) is 6.61 Å². The van der Waals surface area contributed by atoms with Gasteiger partial charge in [-0.3, -0.25) is 0 Å². The molecule has 0 spiro atoms. The topological polar surface area (TPSA) is 89.6 Å². The summed E-state index contributed by atoms with van der Waals surface area (Å²) in [6, 6.07) is 0. The standard InChI is InChI=1S/C6H6N6O/c13-3-6-7-1-5(2-8-6)12-4-9-10-11-12/h1-2,4,13H,3H2. The Hall–Kier alpha value is -1.89. The summed E-state index contributed by atoms with van der Waals surface area (Å²) in [7, 11) is 0. The van der Waals surface area contributed by atoms with Crippen LogP contribution in [0, 0.1) is 0 Å². The van der Waals surface area contributed by atoms with E-state index in [0.29, 0.717) is 11.5 Å². The average molecular weight is 178 g/mol. The van der Waals surface area contributed by atoms with E-state index in [1.54, 1.807) is 0 Å². The van der Waals surface area contributed by atoms with Gasteiger partial charge in [-0.15, -0.1) is 5.10 Å². The van der Waals surface area contributed by atoms with Crippen molar-refractivity contribution in [1.82, 2.24) is 30.2 Å². The molecule has 0 atom stereocenters. The zero-order valence-electron chi connectivity index (χ0n) is 6.57. The van der Waals surface area contributed by atoms with Crippen LogP contribution in [0.15, 0.2) is 18.7 Å². The number of aromatic nitrogens is 6. The molecule has 66 valence electrons. The van der Waals surface area contributed by atoms with Crippen LogP contribution in [-0.2, 0) is 6.61 Å². The Balaban J connectivity index is 2.33. The van der Waals surface area contributed by atoms with Gasteiger partial charge < -0.3 is 5.11 Å². The van der Waals surface area contributed by atoms with Crippen molar-refractivity contribution in [3.63, 3.8) is 0 Å². The molecular formula is C6H6N6O. The number of nitrogens with zero attached hydrogens (tertiary/aromatic N) is 6. The number of aliphatic hydroxyl groups is 1. The third kappa shape index (κ3) is 1.49. The molecule has 1 N–H and O–H groups in total. The molecule has 0 radical (unpaired) electrons. The molecule has 0 saturated carbocycles. The van der Waals surface area contributed by atoms with Crippen molar-refractivity contribution in [3.8, 4) is 5.69 Å². The molecule has 0 aromatic carbocycles. The largest absolute Gasteiger partial charge is 0.388 e. The lowest BCUT2D eigenvalue weighted by Gasteiger charge is -1.97. The smallest absolute Gasteiger partial charge is 0.153 e. The second-order valence-electron chi connectivity index (χ2n) is 2.27.